The lowest BCUT2D eigenvalue weighted by Crippen LogP contribution is -2.60. The van der Waals surface area contributed by atoms with Crippen LogP contribution in [0.5, 0.6) is 0 Å². The van der Waals surface area contributed by atoms with Crippen LogP contribution in [0.3, 0.4) is 0 Å². The second kappa shape index (κ2) is 12.6. The average molecular weight is 528 g/mol. The van der Waals surface area contributed by atoms with E-state index in [1.807, 2.05) is 0 Å². The van der Waals surface area contributed by atoms with Gasteiger partial charge in [-0.05, 0) is 24.8 Å². The number of amides is 1. The normalized spacial score (nSPS) is 17.6. The molecule has 1 fully saturated rings. The van der Waals surface area contributed by atoms with E-state index in [0.717, 1.165) is 19.3 Å². The van der Waals surface area contributed by atoms with Crippen LogP contribution in [-0.2, 0) is 39.8 Å². The van der Waals surface area contributed by atoms with Crippen molar-refractivity contribution in [3.05, 3.63) is 35.9 Å². The molecule has 1 amide bonds. The van der Waals surface area contributed by atoms with Crippen LogP contribution in [0.25, 0.3) is 0 Å². The highest BCUT2D eigenvalue weighted by Crippen LogP contribution is 2.41. The minimum atomic E-state index is -4.33. The number of hydrogen-bond acceptors (Lipinski definition) is 8. The third-order valence-electron chi connectivity index (χ3n) is 6.65. The van der Waals surface area contributed by atoms with Gasteiger partial charge >= 0.3 is 11.9 Å². The van der Waals surface area contributed by atoms with Crippen molar-refractivity contribution in [2.24, 2.45) is 11.3 Å². The molecule has 1 aliphatic rings. The van der Waals surface area contributed by atoms with Crippen molar-refractivity contribution < 1.29 is 41.9 Å². The Balaban J connectivity index is 2.35. The maximum Gasteiger partial charge on any atom is 0.336 e. The fraction of sp³-hybridized carbons (Fsp3) is 0.640. The molecule has 1 aliphatic carbocycles. The van der Waals surface area contributed by atoms with Crippen LogP contribution in [0, 0.1) is 11.3 Å². The monoisotopic (exact) mass is 527 g/mol. The topological polar surface area (TPSA) is 156 Å². The first-order valence-electron chi connectivity index (χ1n) is 12.1. The van der Waals surface area contributed by atoms with Gasteiger partial charge in [0.05, 0.1) is 17.1 Å². The highest BCUT2D eigenvalue weighted by Gasteiger charge is 2.57. The Kier molecular flexibility index (Phi) is 10.4. The zero-order valence-electron chi connectivity index (χ0n) is 21.1. The van der Waals surface area contributed by atoms with E-state index in [9.17, 15) is 33.0 Å². The number of esters is 1. The number of hydrogen-bond donors (Lipinski definition) is 3. The lowest BCUT2D eigenvalue weighted by molar-refractivity contribution is -0.225. The summed E-state index contributed by atoms with van der Waals surface area (Å²) in [5.74, 6) is -3.59. The van der Waals surface area contributed by atoms with Crippen LogP contribution in [0.4, 0.5) is 0 Å². The standard InChI is InChI=1S/C25H37NO9S/c1-18(27)26-15-10-16-36(32,33)35-23(34-21(28)20-13-8-5-9-14-20)24(2,3)25(31,22(29)30)17-19-11-6-4-7-12-19/h4,6-7,11-12,20,23,31H,5,8-10,13-17H2,1-3H3,(H,26,27)(H,29,30)/t23?,25-/m0/s1. The molecule has 2 rings (SSSR count). The third kappa shape index (κ3) is 8.01. The second-order valence-electron chi connectivity index (χ2n) is 9.85. The summed E-state index contributed by atoms with van der Waals surface area (Å²) in [5, 5.41) is 24.0. The molecule has 0 aliphatic heterocycles. The van der Waals surface area contributed by atoms with Gasteiger partial charge in [0, 0.05) is 19.9 Å². The van der Waals surface area contributed by atoms with Crippen molar-refractivity contribution in [2.75, 3.05) is 12.3 Å². The van der Waals surface area contributed by atoms with E-state index < -0.39 is 51.0 Å². The number of carboxylic acids is 1. The van der Waals surface area contributed by atoms with Crippen molar-refractivity contribution in [1.82, 2.24) is 5.32 Å². The fourth-order valence-corrected chi connectivity index (χ4v) is 5.33. The van der Waals surface area contributed by atoms with E-state index in [1.54, 1.807) is 30.3 Å². The first-order chi connectivity index (χ1) is 16.8. The summed E-state index contributed by atoms with van der Waals surface area (Å²) >= 11 is 0. The molecule has 1 unspecified atom stereocenters. The van der Waals surface area contributed by atoms with Crippen molar-refractivity contribution in [2.45, 2.75) is 77.6 Å². The summed E-state index contributed by atoms with van der Waals surface area (Å²) in [6.07, 6.45) is 1.52. The lowest BCUT2D eigenvalue weighted by Gasteiger charge is -2.43. The first-order valence-corrected chi connectivity index (χ1v) is 13.7. The minimum absolute atomic E-state index is 0.0266. The molecule has 11 heteroatoms. The second-order valence-corrected chi connectivity index (χ2v) is 11.6. The van der Waals surface area contributed by atoms with Gasteiger partial charge < -0.3 is 20.3 Å². The zero-order valence-corrected chi connectivity index (χ0v) is 21.9. The number of carbonyl (C=O) groups excluding carboxylic acids is 2. The van der Waals surface area contributed by atoms with Crippen molar-refractivity contribution in [3.63, 3.8) is 0 Å². The maximum absolute atomic E-state index is 13.0. The molecular formula is C25H37NO9S. The number of carbonyl (C=O) groups is 3. The molecule has 36 heavy (non-hydrogen) atoms. The van der Waals surface area contributed by atoms with Gasteiger partial charge in [0.2, 0.25) is 12.2 Å². The fourth-order valence-electron chi connectivity index (χ4n) is 4.19. The predicted molar refractivity (Wildman–Crippen MR) is 131 cm³/mol. The summed E-state index contributed by atoms with van der Waals surface area (Å²) in [6, 6.07) is 8.36. The van der Waals surface area contributed by atoms with E-state index in [4.69, 9.17) is 8.92 Å². The molecule has 0 bridgehead atoms. The van der Waals surface area contributed by atoms with Crippen LogP contribution in [-0.4, -0.2) is 60.7 Å². The third-order valence-corrected chi connectivity index (χ3v) is 7.91. The van der Waals surface area contributed by atoms with Crippen LogP contribution >= 0.6 is 0 Å². The first kappa shape index (κ1) is 29.7. The van der Waals surface area contributed by atoms with E-state index in [0.29, 0.717) is 18.4 Å². The highest BCUT2D eigenvalue weighted by molar-refractivity contribution is 7.86. The summed E-state index contributed by atoms with van der Waals surface area (Å²) in [5.41, 5.74) is -3.94. The Morgan fingerprint density at radius 1 is 1.11 bits per heavy atom. The predicted octanol–water partition coefficient (Wildman–Crippen LogP) is 2.39. The minimum Gasteiger partial charge on any atom is -0.479 e. The van der Waals surface area contributed by atoms with Gasteiger partial charge in [0.25, 0.3) is 10.1 Å². The molecule has 0 spiro atoms. The number of carboxylic acid groups (broad SMARTS) is 1. The Morgan fingerprint density at radius 3 is 2.28 bits per heavy atom. The van der Waals surface area contributed by atoms with Crippen LogP contribution < -0.4 is 5.32 Å². The average Bonchev–Trinajstić information content (AvgIpc) is 2.82. The molecule has 0 aromatic heterocycles. The van der Waals surface area contributed by atoms with Gasteiger partial charge in [0.1, 0.15) is 0 Å². The SMILES string of the molecule is CC(=O)NCCCS(=O)(=O)OC(OC(=O)C1CCCCC1)C(C)(C)[C@](O)(Cc1ccccc1)C(=O)O. The highest BCUT2D eigenvalue weighted by atomic mass is 32.2. The molecule has 0 saturated heterocycles. The van der Waals surface area contributed by atoms with Gasteiger partial charge in [-0.25, -0.2) is 8.98 Å². The molecule has 10 nitrogen and oxygen atoms in total. The van der Waals surface area contributed by atoms with Crippen LogP contribution in [0.2, 0.25) is 0 Å². The van der Waals surface area contributed by atoms with Crippen LogP contribution in [0.1, 0.15) is 64.9 Å². The Hall–Kier alpha value is -2.50. The molecule has 3 N–H and O–H groups in total. The quantitative estimate of drug-likeness (QED) is 0.152. The van der Waals surface area contributed by atoms with Gasteiger partial charge in [-0.1, -0.05) is 63.4 Å². The number of aliphatic carboxylic acids is 1. The van der Waals surface area contributed by atoms with Crippen LogP contribution in [0.15, 0.2) is 30.3 Å². The van der Waals surface area contributed by atoms with E-state index in [1.165, 1.54) is 20.8 Å². The summed E-state index contributed by atoms with van der Waals surface area (Å²) in [7, 11) is -4.33. The molecule has 1 aromatic rings. The zero-order chi connectivity index (χ0) is 27.0. The van der Waals surface area contributed by atoms with E-state index in [2.05, 4.69) is 5.32 Å². The van der Waals surface area contributed by atoms with Gasteiger partial charge in [-0.3, -0.25) is 9.59 Å². The summed E-state index contributed by atoms with van der Waals surface area (Å²) < 4.78 is 36.4. The number of aliphatic hydroxyl groups is 1. The van der Waals surface area contributed by atoms with Crippen molar-refractivity contribution >= 4 is 28.0 Å². The lowest BCUT2D eigenvalue weighted by atomic mass is 9.70. The Bertz CT molecular complexity index is 1000. The van der Waals surface area contributed by atoms with E-state index >= 15 is 0 Å². The maximum atomic E-state index is 13.0. The van der Waals surface area contributed by atoms with Gasteiger partial charge in [-0.2, -0.15) is 8.42 Å². The Morgan fingerprint density at radius 2 is 1.72 bits per heavy atom. The number of ether oxygens (including phenoxy) is 1. The summed E-state index contributed by atoms with van der Waals surface area (Å²) in [4.78, 5) is 36.4. The van der Waals surface area contributed by atoms with Crippen molar-refractivity contribution in [1.29, 1.82) is 0 Å². The molecule has 202 valence electrons. The molecule has 0 radical (unpaired) electrons. The molecule has 0 heterocycles. The molecular weight excluding hydrogens is 490 g/mol. The van der Waals surface area contributed by atoms with Gasteiger partial charge in [-0.15, -0.1) is 0 Å². The van der Waals surface area contributed by atoms with Crippen molar-refractivity contribution in [3.8, 4) is 0 Å². The van der Waals surface area contributed by atoms with Gasteiger partial charge in [0.15, 0.2) is 5.60 Å². The smallest absolute Gasteiger partial charge is 0.336 e. The number of nitrogens with one attached hydrogen (secondary N) is 1. The largest absolute Gasteiger partial charge is 0.479 e. The molecule has 2 atom stereocenters. The number of rotatable bonds is 13. The molecule has 1 saturated carbocycles. The van der Waals surface area contributed by atoms with E-state index in [-0.39, 0.29) is 25.3 Å². The number of benzene rings is 1. The Labute approximate surface area is 212 Å². The summed E-state index contributed by atoms with van der Waals surface area (Å²) in [6.45, 7) is 3.99. The molecule has 1 aromatic carbocycles.